The Balaban J connectivity index is 2.11. The summed E-state index contributed by atoms with van der Waals surface area (Å²) in [5, 5.41) is 9.20. The zero-order valence-corrected chi connectivity index (χ0v) is 13.7. The van der Waals surface area contributed by atoms with Crippen molar-refractivity contribution in [1.29, 1.82) is 0 Å². The van der Waals surface area contributed by atoms with Crippen molar-refractivity contribution in [3.8, 4) is 0 Å². The first-order chi connectivity index (χ1) is 10.8. The van der Waals surface area contributed by atoms with Gasteiger partial charge in [0.1, 0.15) is 6.04 Å². The van der Waals surface area contributed by atoms with E-state index in [0.29, 0.717) is 13.0 Å². The number of likely N-dealkylation sites (N-methyl/N-ethyl adjacent to an activating group) is 1. The van der Waals surface area contributed by atoms with Gasteiger partial charge in [0.2, 0.25) is 15.9 Å². The molecule has 1 aliphatic heterocycles. The van der Waals surface area contributed by atoms with Crippen molar-refractivity contribution in [3.63, 3.8) is 0 Å². The van der Waals surface area contributed by atoms with Crippen LogP contribution in [0.25, 0.3) is 0 Å². The highest BCUT2D eigenvalue weighted by Gasteiger charge is 2.33. The Morgan fingerprint density at radius 1 is 1.26 bits per heavy atom. The zero-order valence-electron chi connectivity index (χ0n) is 12.9. The molecule has 1 aliphatic rings. The van der Waals surface area contributed by atoms with Gasteiger partial charge >= 0.3 is 5.97 Å². The Labute approximate surface area is 135 Å². The summed E-state index contributed by atoms with van der Waals surface area (Å²) in [6.45, 7) is -0.0317. The van der Waals surface area contributed by atoms with Crippen LogP contribution in [0.4, 0.5) is 0 Å². The molecule has 0 aromatic heterocycles. The number of piperidine rings is 1. The van der Waals surface area contributed by atoms with Gasteiger partial charge in [0.05, 0.1) is 11.4 Å². The molecule has 126 valence electrons. The maximum Gasteiger partial charge on any atom is 0.326 e. The fraction of sp³-hybridized carbons (Fsp3) is 0.467. The zero-order chi connectivity index (χ0) is 17.0. The lowest BCUT2D eigenvalue weighted by molar-refractivity contribution is -0.152. The molecule has 0 unspecified atom stereocenters. The summed E-state index contributed by atoms with van der Waals surface area (Å²) in [6.07, 6.45) is 1.87. The quantitative estimate of drug-likeness (QED) is 0.854. The third-order valence-corrected chi connectivity index (χ3v) is 5.74. The van der Waals surface area contributed by atoms with Gasteiger partial charge in [0.25, 0.3) is 0 Å². The highest BCUT2D eigenvalue weighted by Crippen LogP contribution is 2.19. The van der Waals surface area contributed by atoms with Crippen molar-refractivity contribution in [1.82, 2.24) is 9.21 Å². The van der Waals surface area contributed by atoms with Gasteiger partial charge in [-0.05, 0) is 31.4 Å². The first-order valence-electron chi connectivity index (χ1n) is 7.37. The van der Waals surface area contributed by atoms with E-state index in [0.717, 1.165) is 17.1 Å². The monoisotopic (exact) mass is 340 g/mol. The maximum absolute atomic E-state index is 12.4. The number of nitrogens with zero attached hydrogens (tertiary/aromatic N) is 2. The van der Waals surface area contributed by atoms with Gasteiger partial charge in [-0.25, -0.2) is 13.2 Å². The molecule has 0 radical (unpaired) electrons. The number of rotatable bonds is 5. The molecule has 1 aromatic carbocycles. The number of carboxylic acid groups (broad SMARTS) is 1. The smallest absolute Gasteiger partial charge is 0.326 e. The summed E-state index contributed by atoms with van der Waals surface area (Å²) in [4.78, 5) is 25.0. The molecule has 1 fully saturated rings. The Hall–Kier alpha value is -1.93. The lowest BCUT2D eigenvalue weighted by atomic mass is 10.0. The van der Waals surface area contributed by atoms with Crippen LogP contribution in [0, 0.1) is 0 Å². The van der Waals surface area contributed by atoms with Gasteiger partial charge in [-0.2, -0.15) is 4.31 Å². The molecule has 1 atom stereocenters. The summed E-state index contributed by atoms with van der Waals surface area (Å²) in [6, 6.07) is 6.95. The van der Waals surface area contributed by atoms with Crippen LogP contribution >= 0.6 is 0 Å². The highest BCUT2D eigenvalue weighted by atomic mass is 32.2. The van der Waals surface area contributed by atoms with Crippen LogP contribution in [0.3, 0.4) is 0 Å². The molecule has 0 bridgehead atoms. The molecule has 0 spiro atoms. The fourth-order valence-corrected chi connectivity index (χ4v) is 3.77. The normalized spacial score (nSPS) is 18.9. The number of aliphatic carboxylic acids is 1. The van der Waals surface area contributed by atoms with E-state index in [9.17, 15) is 23.1 Å². The van der Waals surface area contributed by atoms with E-state index in [-0.39, 0.29) is 11.4 Å². The van der Waals surface area contributed by atoms with Crippen molar-refractivity contribution in [2.24, 2.45) is 0 Å². The topological polar surface area (TPSA) is 95.0 Å². The first kappa shape index (κ1) is 17.4. The van der Waals surface area contributed by atoms with Gasteiger partial charge in [0.15, 0.2) is 0 Å². The molecule has 1 saturated heterocycles. The number of benzene rings is 1. The van der Waals surface area contributed by atoms with E-state index in [2.05, 4.69) is 0 Å². The third-order valence-electron chi connectivity index (χ3n) is 3.92. The number of carbonyl (C=O) groups is 2. The van der Waals surface area contributed by atoms with Crippen LogP contribution in [0.15, 0.2) is 35.2 Å². The molecular weight excluding hydrogens is 320 g/mol. The Kier molecular flexibility index (Phi) is 5.38. The van der Waals surface area contributed by atoms with E-state index in [4.69, 9.17) is 0 Å². The number of carbonyl (C=O) groups excluding carboxylic acids is 1. The number of sulfonamides is 1. The highest BCUT2D eigenvalue weighted by molar-refractivity contribution is 7.89. The van der Waals surface area contributed by atoms with E-state index in [1.165, 1.54) is 24.1 Å². The van der Waals surface area contributed by atoms with E-state index in [1.54, 1.807) is 18.2 Å². The van der Waals surface area contributed by atoms with Crippen molar-refractivity contribution < 1.29 is 23.1 Å². The molecule has 1 aromatic rings. The molecule has 0 aliphatic carbocycles. The molecule has 1 amide bonds. The summed E-state index contributed by atoms with van der Waals surface area (Å²) in [5.41, 5.74) is 0. The largest absolute Gasteiger partial charge is 0.480 e. The standard InChI is InChI=1S/C15H20N2O5S/c1-16(23(21,22)12-7-3-2-4-8-12)11-14(18)17-10-6-5-9-13(17)15(19)20/h2-4,7-8,13H,5-6,9-11H2,1H3,(H,19,20)/t13-/m1/s1. The van der Waals surface area contributed by atoms with Crippen LogP contribution in [0.5, 0.6) is 0 Å². The second kappa shape index (κ2) is 7.10. The van der Waals surface area contributed by atoms with Gasteiger partial charge in [0, 0.05) is 13.6 Å². The summed E-state index contributed by atoms with van der Waals surface area (Å²) in [5.74, 6) is -1.54. The summed E-state index contributed by atoms with van der Waals surface area (Å²) in [7, 11) is -2.45. The number of hydrogen-bond acceptors (Lipinski definition) is 4. The van der Waals surface area contributed by atoms with E-state index >= 15 is 0 Å². The minimum absolute atomic E-state index is 0.101. The maximum atomic E-state index is 12.4. The van der Waals surface area contributed by atoms with E-state index in [1.807, 2.05) is 0 Å². The van der Waals surface area contributed by atoms with E-state index < -0.39 is 27.9 Å². The first-order valence-corrected chi connectivity index (χ1v) is 8.81. The predicted molar refractivity (Wildman–Crippen MR) is 83.2 cm³/mol. The van der Waals surface area contributed by atoms with Crippen molar-refractivity contribution in [2.75, 3.05) is 20.1 Å². The van der Waals surface area contributed by atoms with Gasteiger partial charge in [-0.3, -0.25) is 4.79 Å². The summed E-state index contributed by atoms with van der Waals surface area (Å²) >= 11 is 0. The van der Waals surface area contributed by atoms with Gasteiger partial charge in [-0.15, -0.1) is 0 Å². The lowest BCUT2D eigenvalue weighted by Gasteiger charge is -2.33. The Morgan fingerprint density at radius 2 is 1.91 bits per heavy atom. The number of likely N-dealkylation sites (tertiary alicyclic amines) is 1. The molecule has 0 saturated carbocycles. The van der Waals surface area contributed by atoms with Gasteiger partial charge in [-0.1, -0.05) is 18.2 Å². The van der Waals surface area contributed by atoms with Crippen LogP contribution in [0.2, 0.25) is 0 Å². The number of hydrogen-bond donors (Lipinski definition) is 1. The Bertz CT molecular complexity index is 674. The third kappa shape index (κ3) is 3.89. The minimum atomic E-state index is -3.77. The van der Waals surface area contributed by atoms with Crippen LogP contribution < -0.4 is 0 Å². The summed E-state index contributed by atoms with van der Waals surface area (Å²) < 4.78 is 25.8. The average molecular weight is 340 g/mol. The molecule has 8 heteroatoms. The predicted octanol–water partition coefficient (Wildman–Crippen LogP) is 0.773. The second-order valence-electron chi connectivity index (χ2n) is 5.51. The molecule has 2 rings (SSSR count). The SMILES string of the molecule is CN(CC(=O)N1CCCC[C@@H]1C(=O)O)S(=O)(=O)c1ccccc1. The van der Waals surface area contributed by atoms with Crippen molar-refractivity contribution in [3.05, 3.63) is 30.3 Å². The molecule has 1 heterocycles. The molecule has 1 N–H and O–H groups in total. The van der Waals surface area contributed by atoms with Crippen molar-refractivity contribution in [2.45, 2.75) is 30.2 Å². The fourth-order valence-electron chi connectivity index (χ4n) is 2.63. The van der Waals surface area contributed by atoms with Crippen LogP contribution in [-0.4, -0.2) is 60.8 Å². The molecular formula is C15H20N2O5S. The lowest BCUT2D eigenvalue weighted by Crippen LogP contribution is -2.51. The Morgan fingerprint density at radius 3 is 2.52 bits per heavy atom. The van der Waals surface area contributed by atoms with Crippen LogP contribution in [0.1, 0.15) is 19.3 Å². The number of amides is 1. The second-order valence-corrected chi connectivity index (χ2v) is 7.56. The molecule has 23 heavy (non-hydrogen) atoms. The van der Waals surface area contributed by atoms with Crippen LogP contribution in [-0.2, 0) is 19.6 Å². The van der Waals surface area contributed by atoms with Crippen molar-refractivity contribution >= 4 is 21.9 Å². The van der Waals surface area contributed by atoms with Gasteiger partial charge < -0.3 is 10.0 Å². The minimum Gasteiger partial charge on any atom is -0.480 e. The average Bonchev–Trinajstić information content (AvgIpc) is 2.55. The number of carboxylic acids is 1. The molecule has 7 nitrogen and oxygen atoms in total.